The second-order valence-corrected chi connectivity index (χ2v) is 7.70. The molecule has 2 aromatic carbocycles. The molecule has 32 heavy (non-hydrogen) atoms. The van der Waals surface area contributed by atoms with Gasteiger partial charge in [0.25, 0.3) is 0 Å². The summed E-state index contributed by atoms with van der Waals surface area (Å²) in [5.74, 6) is 0.596. The Morgan fingerprint density at radius 1 is 0.906 bits per heavy atom. The largest absolute Gasteiger partial charge is 0.338 e. The van der Waals surface area contributed by atoms with Crippen LogP contribution in [-0.4, -0.2) is 66.3 Å². The molecule has 0 N–H and O–H groups in total. The van der Waals surface area contributed by atoms with E-state index in [1.165, 1.54) is 0 Å². The lowest BCUT2D eigenvalue weighted by atomic mass is 10.3. The minimum Gasteiger partial charge on any atom is -0.338 e. The van der Waals surface area contributed by atoms with Crippen LogP contribution in [-0.2, 0) is 17.9 Å². The fraction of sp³-hybridized carbons (Fsp3) is 0.318. The summed E-state index contributed by atoms with van der Waals surface area (Å²) in [6.07, 6.45) is 0. The van der Waals surface area contributed by atoms with E-state index in [1.807, 2.05) is 61.5 Å². The first-order chi connectivity index (χ1) is 15.7. The number of imidazole rings is 1. The molecule has 1 amide bonds. The molecule has 10 nitrogen and oxygen atoms in total. The van der Waals surface area contributed by atoms with Gasteiger partial charge in [0.1, 0.15) is 6.54 Å². The second-order valence-electron chi connectivity index (χ2n) is 7.70. The molecule has 3 heterocycles. The molecule has 2 aromatic heterocycles. The number of piperazine rings is 1. The summed E-state index contributed by atoms with van der Waals surface area (Å²) >= 11 is 0. The summed E-state index contributed by atoms with van der Waals surface area (Å²) in [5.41, 5.74) is 2.37. The molecule has 0 unspecified atom stereocenters. The number of benzene rings is 2. The Hall–Kier alpha value is -3.95. The number of para-hydroxylation sites is 3. The monoisotopic (exact) mass is 432 g/mol. The van der Waals surface area contributed by atoms with Crippen LogP contribution in [0.15, 0.2) is 59.4 Å². The summed E-state index contributed by atoms with van der Waals surface area (Å²) in [6, 6.07) is 17.3. The van der Waals surface area contributed by atoms with Crippen molar-refractivity contribution in [2.45, 2.75) is 20.0 Å². The Morgan fingerprint density at radius 3 is 2.25 bits per heavy atom. The third kappa shape index (κ3) is 3.43. The zero-order valence-corrected chi connectivity index (χ0v) is 17.8. The highest BCUT2D eigenvalue weighted by molar-refractivity contribution is 5.81. The average molecular weight is 432 g/mol. The predicted molar refractivity (Wildman–Crippen MR) is 120 cm³/mol. The van der Waals surface area contributed by atoms with Crippen molar-refractivity contribution in [2.75, 3.05) is 31.1 Å². The molecule has 0 bridgehead atoms. The van der Waals surface area contributed by atoms with E-state index in [-0.39, 0.29) is 18.1 Å². The number of carbonyl (C=O) groups excluding carboxylic acids is 1. The first-order valence-corrected chi connectivity index (χ1v) is 10.7. The van der Waals surface area contributed by atoms with Gasteiger partial charge in [-0.25, -0.2) is 4.79 Å². The van der Waals surface area contributed by atoms with Gasteiger partial charge >= 0.3 is 5.69 Å². The lowest BCUT2D eigenvalue weighted by Gasteiger charge is -2.34. The summed E-state index contributed by atoms with van der Waals surface area (Å²) in [7, 11) is 0. The number of hydrogen-bond donors (Lipinski definition) is 0. The quantitative estimate of drug-likeness (QED) is 0.470. The van der Waals surface area contributed by atoms with Crippen molar-refractivity contribution in [3.63, 3.8) is 0 Å². The highest BCUT2D eigenvalue weighted by Crippen LogP contribution is 2.18. The highest BCUT2D eigenvalue weighted by Gasteiger charge is 2.26. The standard InChI is InChI=1S/C22H24N8O2/c1-2-28-18-10-6-7-11-19(18)29(22(28)32)16-20(31)26-12-14-27(15-13-26)21-23-24-25-30(21)17-8-4-3-5-9-17/h3-11H,2,12-16H2,1H3. The van der Waals surface area contributed by atoms with Crippen LogP contribution in [0.1, 0.15) is 6.92 Å². The summed E-state index contributed by atoms with van der Waals surface area (Å²) in [4.78, 5) is 29.8. The van der Waals surface area contributed by atoms with Gasteiger partial charge in [0.05, 0.1) is 16.7 Å². The van der Waals surface area contributed by atoms with Crippen molar-refractivity contribution < 1.29 is 4.79 Å². The Bertz CT molecular complexity index is 1300. The molecule has 1 fully saturated rings. The SMILES string of the molecule is CCn1c(=O)n(CC(=O)N2CCN(c3nnnn3-c3ccccc3)CC2)c2ccccc21. The Balaban J connectivity index is 1.30. The lowest BCUT2D eigenvalue weighted by Crippen LogP contribution is -2.50. The van der Waals surface area contributed by atoms with Crippen molar-refractivity contribution >= 4 is 22.9 Å². The van der Waals surface area contributed by atoms with Crippen LogP contribution in [0.3, 0.4) is 0 Å². The number of tetrazole rings is 1. The number of amides is 1. The molecule has 0 spiro atoms. The molecule has 10 heteroatoms. The van der Waals surface area contributed by atoms with E-state index in [9.17, 15) is 9.59 Å². The molecule has 1 aliphatic heterocycles. The van der Waals surface area contributed by atoms with Gasteiger partial charge in [-0.2, -0.15) is 4.68 Å². The molecule has 1 saturated heterocycles. The predicted octanol–water partition coefficient (Wildman–Crippen LogP) is 1.15. The molecule has 0 radical (unpaired) electrons. The van der Waals surface area contributed by atoms with Gasteiger partial charge in [0.15, 0.2) is 0 Å². The molecule has 0 atom stereocenters. The minimum atomic E-state index is -0.150. The lowest BCUT2D eigenvalue weighted by molar-refractivity contribution is -0.132. The number of rotatable bonds is 5. The third-order valence-corrected chi connectivity index (χ3v) is 5.90. The van der Waals surface area contributed by atoms with Crippen LogP contribution in [0, 0.1) is 0 Å². The van der Waals surface area contributed by atoms with Crippen LogP contribution in [0.5, 0.6) is 0 Å². The second kappa shape index (κ2) is 8.29. The zero-order chi connectivity index (χ0) is 22.1. The topological polar surface area (TPSA) is 94.1 Å². The maximum atomic E-state index is 13.0. The van der Waals surface area contributed by atoms with Crippen molar-refractivity contribution in [3.8, 4) is 5.69 Å². The number of carbonyl (C=O) groups is 1. The summed E-state index contributed by atoms with van der Waals surface area (Å²) in [6.45, 7) is 4.85. The van der Waals surface area contributed by atoms with Crippen LogP contribution < -0.4 is 10.6 Å². The molecular weight excluding hydrogens is 408 g/mol. The molecule has 164 valence electrons. The Morgan fingerprint density at radius 2 is 1.56 bits per heavy atom. The van der Waals surface area contributed by atoms with Crippen molar-refractivity contribution in [1.29, 1.82) is 0 Å². The van der Waals surface area contributed by atoms with E-state index >= 15 is 0 Å². The smallest absolute Gasteiger partial charge is 0.329 e. The van der Waals surface area contributed by atoms with E-state index in [4.69, 9.17) is 0 Å². The highest BCUT2D eigenvalue weighted by atomic mass is 16.2. The maximum Gasteiger partial charge on any atom is 0.329 e. The van der Waals surface area contributed by atoms with E-state index in [0.29, 0.717) is 38.7 Å². The third-order valence-electron chi connectivity index (χ3n) is 5.90. The molecule has 0 aliphatic carbocycles. The number of fused-ring (bicyclic) bond motifs is 1. The maximum absolute atomic E-state index is 13.0. The van der Waals surface area contributed by atoms with Crippen molar-refractivity contribution in [1.82, 2.24) is 34.2 Å². The van der Waals surface area contributed by atoms with Gasteiger partial charge in [0.2, 0.25) is 11.9 Å². The van der Waals surface area contributed by atoms with Crippen molar-refractivity contribution in [3.05, 3.63) is 65.1 Å². The van der Waals surface area contributed by atoms with Crippen LogP contribution in [0.4, 0.5) is 5.95 Å². The van der Waals surface area contributed by atoms with Gasteiger partial charge in [-0.1, -0.05) is 35.4 Å². The first-order valence-electron chi connectivity index (χ1n) is 10.7. The number of hydrogen-bond acceptors (Lipinski definition) is 6. The normalized spacial score (nSPS) is 14.3. The van der Waals surface area contributed by atoms with Crippen LogP contribution in [0.25, 0.3) is 16.7 Å². The van der Waals surface area contributed by atoms with Gasteiger partial charge in [0, 0.05) is 32.7 Å². The number of anilines is 1. The molecule has 4 aromatic rings. The van der Waals surface area contributed by atoms with E-state index in [0.717, 1.165) is 16.7 Å². The summed E-state index contributed by atoms with van der Waals surface area (Å²) in [5, 5.41) is 12.1. The molecule has 5 rings (SSSR count). The van der Waals surface area contributed by atoms with Gasteiger partial charge in [-0.3, -0.25) is 13.9 Å². The summed E-state index contributed by atoms with van der Waals surface area (Å²) < 4.78 is 4.98. The average Bonchev–Trinajstić information content (AvgIpc) is 3.43. The number of aryl methyl sites for hydroxylation is 1. The zero-order valence-electron chi connectivity index (χ0n) is 17.8. The van der Waals surface area contributed by atoms with Gasteiger partial charge in [-0.05, 0) is 41.6 Å². The molecule has 1 aliphatic rings. The molecule has 0 saturated carbocycles. The van der Waals surface area contributed by atoms with Gasteiger partial charge in [-0.15, -0.1) is 0 Å². The van der Waals surface area contributed by atoms with Crippen molar-refractivity contribution in [2.24, 2.45) is 0 Å². The van der Waals surface area contributed by atoms with E-state index < -0.39 is 0 Å². The number of nitrogens with zero attached hydrogens (tertiary/aromatic N) is 8. The first kappa shape index (κ1) is 20.0. The Kier molecular flexibility index (Phi) is 5.18. The fourth-order valence-corrected chi connectivity index (χ4v) is 4.24. The minimum absolute atomic E-state index is 0.0358. The fourth-order valence-electron chi connectivity index (χ4n) is 4.24. The van der Waals surface area contributed by atoms with Crippen LogP contribution in [0.2, 0.25) is 0 Å². The van der Waals surface area contributed by atoms with Gasteiger partial charge < -0.3 is 9.80 Å². The van der Waals surface area contributed by atoms with Crippen LogP contribution >= 0.6 is 0 Å². The van der Waals surface area contributed by atoms with E-state index in [1.54, 1.807) is 18.7 Å². The Labute approximate surface area is 184 Å². The van der Waals surface area contributed by atoms with E-state index in [2.05, 4.69) is 20.4 Å². The molecular formula is C22H24N8O2. The number of aromatic nitrogens is 6.